The van der Waals surface area contributed by atoms with E-state index < -0.39 is 0 Å². The Bertz CT molecular complexity index is 630. The molecule has 2 aromatic carbocycles. The van der Waals surface area contributed by atoms with Crippen molar-refractivity contribution in [3.05, 3.63) is 42.0 Å². The lowest BCUT2D eigenvalue weighted by molar-refractivity contribution is 0.0929. The third-order valence-corrected chi connectivity index (χ3v) is 4.09. The van der Waals surface area contributed by atoms with Crippen molar-refractivity contribution in [2.24, 2.45) is 0 Å². The predicted molar refractivity (Wildman–Crippen MR) is 80.0 cm³/mol. The molecular formula is C17H19NO2. The van der Waals surface area contributed by atoms with Gasteiger partial charge in [-0.1, -0.05) is 43.5 Å². The molecule has 0 aliphatic heterocycles. The highest BCUT2D eigenvalue weighted by Crippen LogP contribution is 2.27. The van der Waals surface area contributed by atoms with Crippen LogP contribution >= 0.6 is 0 Å². The van der Waals surface area contributed by atoms with Crippen molar-refractivity contribution < 1.29 is 9.90 Å². The second-order valence-corrected chi connectivity index (χ2v) is 5.49. The van der Waals surface area contributed by atoms with Crippen LogP contribution in [-0.2, 0) is 0 Å². The Hall–Kier alpha value is -2.03. The molecule has 0 bridgehead atoms. The van der Waals surface area contributed by atoms with Crippen LogP contribution in [0.5, 0.6) is 5.75 Å². The number of hydrogen-bond donors (Lipinski definition) is 2. The first-order chi connectivity index (χ1) is 9.75. The van der Waals surface area contributed by atoms with Crippen LogP contribution in [0.2, 0.25) is 0 Å². The molecule has 3 heteroatoms. The molecule has 0 radical (unpaired) electrons. The molecule has 0 saturated heterocycles. The Morgan fingerprint density at radius 2 is 1.70 bits per heavy atom. The largest absolute Gasteiger partial charge is 0.507 e. The van der Waals surface area contributed by atoms with Gasteiger partial charge in [0.05, 0.1) is 0 Å². The van der Waals surface area contributed by atoms with E-state index in [0.29, 0.717) is 11.6 Å². The third kappa shape index (κ3) is 2.48. The van der Waals surface area contributed by atoms with Crippen molar-refractivity contribution >= 4 is 16.7 Å². The fraction of sp³-hybridized carbons (Fsp3) is 0.353. The summed E-state index contributed by atoms with van der Waals surface area (Å²) in [5.41, 5.74) is 0.643. The van der Waals surface area contributed by atoms with Gasteiger partial charge in [0.2, 0.25) is 0 Å². The van der Waals surface area contributed by atoms with Crippen LogP contribution < -0.4 is 5.32 Å². The average Bonchev–Trinajstić information content (AvgIpc) is 2.49. The van der Waals surface area contributed by atoms with Crippen molar-refractivity contribution in [1.82, 2.24) is 5.32 Å². The average molecular weight is 269 g/mol. The van der Waals surface area contributed by atoms with E-state index in [2.05, 4.69) is 5.32 Å². The molecule has 20 heavy (non-hydrogen) atoms. The van der Waals surface area contributed by atoms with Gasteiger partial charge in [0.1, 0.15) is 5.75 Å². The maximum atomic E-state index is 12.4. The molecule has 0 spiro atoms. The van der Waals surface area contributed by atoms with Crippen LogP contribution in [0.3, 0.4) is 0 Å². The van der Waals surface area contributed by atoms with E-state index in [1.165, 1.54) is 19.3 Å². The van der Waals surface area contributed by atoms with Gasteiger partial charge in [-0.25, -0.2) is 0 Å². The quantitative estimate of drug-likeness (QED) is 0.875. The fourth-order valence-electron chi connectivity index (χ4n) is 2.99. The Morgan fingerprint density at radius 1 is 1.00 bits per heavy atom. The molecular weight excluding hydrogens is 250 g/mol. The van der Waals surface area contributed by atoms with Crippen LogP contribution in [0.1, 0.15) is 42.5 Å². The van der Waals surface area contributed by atoms with Crippen molar-refractivity contribution in [3.63, 3.8) is 0 Å². The monoisotopic (exact) mass is 269 g/mol. The van der Waals surface area contributed by atoms with E-state index in [1.807, 2.05) is 24.3 Å². The minimum atomic E-state index is -0.0342. The number of fused-ring (bicyclic) bond motifs is 1. The van der Waals surface area contributed by atoms with E-state index in [0.717, 1.165) is 23.6 Å². The predicted octanol–water partition coefficient (Wildman–Crippen LogP) is 3.61. The zero-order chi connectivity index (χ0) is 13.9. The first-order valence-corrected chi connectivity index (χ1v) is 7.27. The Labute approximate surface area is 118 Å². The minimum absolute atomic E-state index is 0.0342. The van der Waals surface area contributed by atoms with Crippen LogP contribution in [-0.4, -0.2) is 17.1 Å². The molecule has 0 aromatic heterocycles. The number of phenolic OH excluding ortho intramolecular Hbond substituents is 1. The summed E-state index contributed by atoms with van der Waals surface area (Å²) in [6.45, 7) is 0. The van der Waals surface area contributed by atoms with Gasteiger partial charge in [0, 0.05) is 17.0 Å². The van der Waals surface area contributed by atoms with Crippen LogP contribution in [0.4, 0.5) is 0 Å². The maximum Gasteiger partial charge on any atom is 0.252 e. The van der Waals surface area contributed by atoms with E-state index >= 15 is 0 Å². The van der Waals surface area contributed by atoms with Gasteiger partial charge in [-0.2, -0.15) is 0 Å². The zero-order valence-corrected chi connectivity index (χ0v) is 11.4. The van der Waals surface area contributed by atoms with Gasteiger partial charge in [-0.15, -0.1) is 0 Å². The maximum absolute atomic E-state index is 12.4. The number of aromatic hydroxyl groups is 1. The van der Waals surface area contributed by atoms with Crippen molar-refractivity contribution in [1.29, 1.82) is 0 Å². The lowest BCUT2D eigenvalue weighted by Crippen LogP contribution is -2.36. The highest BCUT2D eigenvalue weighted by Gasteiger charge is 2.18. The first kappa shape index (κ1) is 13.0. The molecule has 3 nitrogen and oxygen atoms in total. The minimum Gasteiger partial charge on any atom is -0.507 e. The lowest BCUT2D eigenvalue weighted by atomic mass is 9.95. The number of nitrogens with one attached hydrogen (secondary N) is 1. The molecule has 0 atom stereocenters. The molecule has 1 fully saturated rings. The molecule has 0 unspecified atom stereocenters. The number of carbonyl (C=O) groups is 1. The van der Waals surface area contributed by atoms with Crippen molar-refractivity contribution in [2.45, 2.75) is 38.1 Å². The smallest absolute Gasteiger partial charge is 0.252 e. The molecule has 1 aliphatic rings. The van der Waals surface area contributed by atoms with Crippen LogP contribution in [0.25, 0.3) is 10.8 Å². The van der Waals surface area contributed by atoms with E-state index in [9.17, 15) is 9.90 Å². The summed E-state index contributed by atoms with van der Waals surface area (Å²) in [5.74, 6) is 0.183. The zero-order valence-electron chi connectivity index (χ0n) is 11.4. The summed E-state index contributed by atoms with van der Waals surface area (Å²) < 4.78 is 0. The summed E-state index contributed by atoms with van der Waals surface area (Å²) in [6, 6.07) is 11.1. The number of benzene rings is 2. The van der Waals surface area contributed by atoms with E-state index in [1.54, 1.807) is 12.1 Å². The van der Waals surface area contributed by atoms with Gasteiger partial charge >= 0.3 is 0 Å². The van der Waals surface area contributed by atoms with E-state index in [-0.39, 0.29) is 11.7 Å². The summed E-state index contributed by atoms with van der Waals surface area (Å²) in [6.07, 6.45) is 5.81. The number of rotatable bonds is 2. The fourth-order valence-corrected chi connectivity index (χ4v) is 2.99. The Balaban J connectivity index is 1.89. The van der Waals surface area contributed by atoms with Crippen molar-refractivity contribution in [3.8, 4) is 5.75 Å². The summed E-state index contributed by atoms with van der Waals surface area (Å²) in [5, 5.41) is 14.5. The molecule has 2 aromatic rings. The topological polar surface area (TPSA) is 49.3 Å². The molecule has 1 saturated carbocycles. The molecule has 3 rings (SSSR count). The molecule has 1 aliphatic carbocycles. The van der Waals surface area contributed by atoms with E-state index in [4.69, 9.17) is 0 Å². The summed E-state index contributed by atoms with van der Waals surface area (Å²) in [7, 11) is 0. The Kier molecular flexibility index (Phi) is 3.59. The lowest BCUT2D eigenvalue weighted by Gasteiger charge is -2.23. The molecule has 1 amide bonds. The van der Waals surface area contributed by atoms with Gasteiger partial charge in [-0.05, 0) is 30.4 Å². The number of carbonyl (C=O) groups excluding carboxylic acids is 1. The highest BCUT2D eigenvalue weighted by molar-refractivity contribution is 6.08. The van der Waals surface area contributed by atoms with Crippen molar-refractivity contribution in [2.75, 3.05) is 0 Å². The highest BCUT2D eigenvalue weighted by atomic mass is 16.3. The SMILES string of the molecule is O=C(NC1CCCCC1)c1ccc(O)c2ccccc12. The molecule has 2 N–H and O–H groups in total. The van der Waals surface area contributed by atoms with Crippen LogP contribution in [0.15, 0.2) is 36.4 Å². The van der Waals surface area contributed by atoms with Gasteiger partial charge in [0.15, 0.2) is 0 Å². The summed E-state index contributed by atoms with van der Waals surface area (Å²) in [4.78, 5) is 12.4. The normalized spacial score (nSPS) is 16.2. The molecule has 0 heterocycles. The molecule has 104 valence electrons. The second kappa shape index (κ2) is 5.53. The Morgan fingerprint density at radius 3 is 2.45 bits per heavy atom. The number of phenols is 1. The standard InChI is InChI=1S/C17H19NO2/c19-16-11-10-15(13-8-4-5-9-14(13)16)17(20)18-12-6-2-1-3-7-12/h4-5,8-12,19H,1-3,6-7H2,(H,18,20). The summed E-state index contributed by atoms with van der Waals surface area (Å²) >= 11 is 0. The first-order valence-electron chi connectivity index (χ1n) is 7.27. The number of amides is 1. The third-order valence-electron chi connectivity index (χ3n) is 4.09. The second-order valence-electron chi connectivity index (χ2n) is 5.49. The van der Waals surface area contributed by atoms with Gasteiger partial charge < -0.3 is 10.4 Å². The van der Waals surface area contributed by atoms with Gasteiger partial charge in [-0.3, -0.25) is 4.79 Å². The van der Waals surface area contributed by atoms with Crippen LogP contribution in [0, 0.1) is 0 Å². The van der Waals surface area contributed by atoms with Gasteiger partial charge in [0.25, 0.3) is 5.91 Å². The number of hydrogen-bond acceptors (Lipinski definition) is 2.